The van der Waals surface area contributed by atoms with Crippen LogP contribution in [0, 0.1) is 6.92 Å². The summed E-state index contributed by atoms with van der Waals surface area (Å²) >= 11 is 1.69. The van der Waals surface area contributed by atoms with E-state index < -0.39 is 0 Å². The Morgan fingerprint density at radius 1 is 1.32 bits per heavy atom. The van der Waals surface area contributed by atoms with E-state index in [4.69, 9.17) is 0 Å². The first-order valence-electron chi connectivity index (χ1n) is 8.60. The molecule has 0 amide bonds. The van der Waals surface area contributed by atoms with Crippen LogP contribution in [0.1, 0.15) is 42.1 Å². The summed E-state index contributed by atoms with van der Waals surface area (Å²) in [4.78, 5) is 9.14. The summed E-state index contributed by atoms with van der Waals surface area (Å²) in [5, 5.41) is 18.5. The zero-order chi connectivity index (χ0) is 16.8. The molecule has 0 fully saturated rings. The average Bonchev–Trinajstić information content (AvgIpc) is 3.19. The molecule has 0 aliphatic carbocycles. The van der Waals surface area contributed by atoms with Gasteiger partial charge in [0.25, 0.3) is 0 Å². The standard InChI is InChI=1S/C16H25N7S.HI/c1-3-17-16(18-8-7-13-11-24-12(2)20-13)19-10-15-22-21-14-6-4-5-9-23(14)15;/h11H,3-10H2,1-2H3,(H2,17,18,19);1H. The molecule has 0 saturated carbocycles. The molecular weight excluding hydrogens is 449 g/mol. The Morgan fingerprint density at radius 3 is 2.96 bits per heavy atom. The maximum Gasteiger partial charge on any atom is 0.191 e. The van der Waals surface area contributed by atoms with Gasteiger partial charge in [0.1, 0.15) is 12.4 Å². The lowest BCUT2D eigenvalue weighted by molar-refractivity contribution is 0.508. The molecule has 0 atom stereocenters. The number of aryl methyl sites for hydroxylation is 2. The maximum absolute atomic E-state index is 4.65. The molecule has 7 nitrogen and oxygen atoms in total. The number of guanidine groups is 1. The van der Waals surface area contributed by atoms with Gasteiger partial charge in [0.05, 0.1) is 10.7 Å². The molecule has 0 radical (unpaired) electrons. The lowest BCUT2D eigenvalue weighted by Crippen LogP contribution is -2.38. The van der Waals surface area contributed by atoms with Crippen molar-refractivity contribution in [2.75, 3.05) is 13.1 Å². The highest BCUT2D eigenvalue weighted by molar-refractivity contribution is 14.0. The second kappa shape index (κ2) is 10.0. The molecule has 1 aliphatic rings. The molecule has 2 aromatic heterocycles. The Hall–Kier alpha value is -1.23. The van der Waals surface area contributed by atoms with Gasteiger partial charge in [-0.05, 0) is 26.7 Å². The van der Waals surface area contributed by atoms with Crippen molar-refractivity contribution in [3.8, 4) is 0 Å². The third kappa shape index (κ3) is 5.63. The average molecular weight is 475 g/mol. The summed E-state index contributed by atoms with van der Waals surface area (Å²) in [7, 11) is 0. The summed E-state index contributed by atoms with van der Waals surface area (Å²) < 4.78 is 2.22. The van der Waals surface area contributed by atoms with E-state index in [9.17, 15) is 0 Å². The van der Waals surface area contributed by atoms with Crippen molar-refractivity contribution in [1.29, 1.82) is 0 Å². The van der Waals surface area contributed by atoms with Crippen LogP contribution in [0.5, 0.6) is 0 Å². The summed E-state index contributed by atoms with van der Waals surface area (Å²) in [6, 6.07) is 0. The SMILES string of the molecule is CCNC(=NCc1nnc2n1CCCC2)NCCc1csc(C)n1.I. The molecule has 9 heteroatoms. The van der Waals surface area contributed by atoms with Crippen molar-refractivity contribution in [3.63, 3.8) is 0 Å². The van der Waals surface area contributed by atoms with E-state index in [1.54, 1.807) is 11.3 Å². The van der Waals surface area contributed by atoms with Crippen LogP contribution in [0.4, 0.5) is 0 Å². The molecule has 2 N–H and O–H groups in total. The first-order valence-corrected chi connectivity index (χ1v) is 9.48. The van der Waals surface area contributed by atoms with E-state index in [-0.39, 0.29) is 24.0 Å². The van der Waals surface area contributed by atoms with E-state index in [1.165, 1.54) is 12.8 Å². The van der Waals surface area contributed by atoms with Gasteiger partial charge in [0.15, 0.2) is 11.8 Å². The summed E-state index contributed by atoms with van der Waals surface area (Å²) in [6.07, 6.45) is 4.34. The first kappa shape index (κ1) is 20.1. The van der Waals surface area contributed by atoms with Crippen molar-refractivity contribution in [2.24, 2.45) is 4.99 Å². The second-order valence-corrected chi connectivity index (χ2v) is 6.93. The largest absolute Gasteiger partial charge is 0.357 e. The number of halogens is 1. The van der Waals surface area contributed by atoms with Gasteiger partial charge in [0.2, 0.25) is 0 Å². The minimum atomic E-state index is 0. The summed E-state index contributed by atoms with van der Waals surface area (Å²) in [6.45, 7) is 7.32. The Kier molecular flexibility index (Phi) is 8.07. The van der Waals surface area contributed by atoms with Gasteiger partial charge in [-0.3, -0.25) is 0 Å². The Labute approximate surface area is 169 Å². The normalized spacial score (nSPS) is 13.9. The highest BCUT2D eigenvalue weighted by Crippen LogP contribution is 2.14. The monoisotopic (exact) mass is 475 g/mol. The molecule has 138 valence electrons. The maximum atomic E-state index is 4.65. The molecule has 0 unspecified atom stereocenters. The fourth-order valence-electron chi connectivity index (χ4n) is 2.81. The van der Waals surface area contributed by atoms with Crippen molar-refractivity contribution in [3.05, 3.63) is 27.7 Å². The van der Waals surface area contributed by atoms with Crippen molar-refractivity contribution in [2.45, 2.75) is 52.6 Å². The van der Waals surface area contributed by atoms with Gasteiger partial charge in [0, 0.05) is 37.9 Å². The Bertz CT molecular complexity index is 694. The van der Waals surface area contributed by atoms with Crippen molar-refractivity contribution < 1.29 is 0 Å². The van der Waals surface area contributed by atoms with E-state index in [1.807, 2.05) is 6.92 Å². The van der Waals surface area contributed by atoms with Gasteiger partial charge in [-0.1, -0.05) is 0 Å². The van der Waals surface area contributed by atoms with Crippen LogP contribution in [0.15, 0.2) is 10.4 Å². The van der Waals surface area contributed by atoms with E-state index in [0.29, 0.717) is 6.54 Å². The quantitative estimate of drug-likeness (QED) is 0.381. The zero-order valence-corrected chi connectivity index (χ0v) is 17.9. The van der Waals surface area contributed by atoms with Crippen LogP contribution < -0.4 is 10.6 Å². The number of hydrogen-bond acceptors (Lipinski definition) is 5. The molecule has 1 aliphatic heterocycles. The van der Waals surface area contributed by atoms with Gasteiger partial charge in [-0.2, -0.15) is 0 Å². The third-order valence-corrected chi connectivity index (χ3v) is 4.82. The predicted octanol–water partition coefficient (Wildman–Crippen LogP) is 2.30. The number of hydrogen-bond donors (Lipinski definition) is 2. The van der Waals surface area contributed by atoms with Crippen LogP contribution in [0.2, 0.25) is 0 Å². The molecule has 0 aromatic carbocycles. The molecule has 0 saturated heterocycles. The van der Waals surface area contributed by atoms with Crippen molar-refractivity contribution >= 4 is 41.3 Å². The van der Waals surface area contributed by atoms with E-state index in [0.717, 1.165) is 60.8 Å². The molecular formula is C16H26IN7S. The van der Waals surface area contributed by atoms with Gasteiger partial charge in [-0.15, -0.1) is 45.5 Å². The fourth-order valence-corrected chi connectivity index (χ4v) is 3.46. The molecule has 3 heterocycles. The fraction of sp³-hybridized carbons (Fsp3) is 0.625. The number of aromatic nitrogens is 4. The van der Waals surface area contributed by atoms with E-state index >= 15 is 0 Å². The second-order valence-electron chi connectivity index (χ2n) is 5.87. The molecule has 0 bridgehead atoms. The summed E-state index contributed by atoms with van der Waals surface area (Å²) in [5.74, 6) is 2.87. The Balaban J connectivity index is 0.00000225. The minimum Gasteiger partial charge on any atom is -0.357 e. The van der Waals surface area contributed by atoms with Crippen LogP contribution in [0.25, 0.3) is 0 Å². The third-order valence-electron chi connectivity index (χ3n) is 4.00. The number of nitrogens with zero attached hydrogens (tertiary/aromatic N) is 5. The number of nitrogens with one attached hydrogen (secondary N) is 2. The van der Waals surface area contributed by atoms with Crippen LogP contribution in [-0.2, 0) is 25.9 Å². The van der Waals surface area contributed by atoms with Crippen LogP contribution in [-0.4, -0.2) is 38.8 Å². The molecule has 2 aromatic rings. The molecule has 3 rings (SSSR count). The lowest BCUT2D eigenvalue weighted by Gasteiger charge is -2.14. The van der Waals surface area contributed by atoms with Gasteiger partial charge < -0.3 is 15.2 Å². The number of rotatable bonds is 6. The van der Waals surface area contributed by atoms with Crippen LogP contribution >= 0.6 is 35.3 Å². The topological polar surface area (TPSA) is 80.0 Å². The predicted molar refractivity (Wildman–Crippen MR) is 112 cm³/mol. The van der Waals surface area contributed by atoms with Gasteiger partial charge >= 0.3 is 0 Å². The van der Waals surface area contributed by atoms with E-state index in [2.05, 4.69) is 47.7 Å². The van der Waals surface area contributed by atoms with Crippen LogP contribution in [0.3, 0.4) is 0 Å². The van der Waals surface area contributed by atoms with Crippen molar-refractivity contribution in [1.82, 2.24) is 30.4 Å². The summed E-state index contributed by atoms with van der Waals surface area (Å²) in [5.41, 5.74) is 1.13. The van der Waals surface area contributed by atoms with Gasteiger partial charge in [-0.25, -0.2) is 9.98 Å². The zero-order valence-electron chi connectivity index (χ0n) is 14.8. The Morgan fingerprint density at radius 2 is 2.20 bits per heavy atom. The number of thiazole rings is 1. The molecule has 25 heavy (non-hydrogen) atoms. The minimum absolute atomic E-state index is 0. The smallest absolute Gasteiger partial charge is 0.191 e. The highest BCUT2D eigenvalue weighted by Gasteiger charge is 2.15. The number of fused-ring (bicyclic) bond motifs is 1. The first-order chi connectivity index (χ1) is 11.8. The molecule has 0 spiro atoms. The highest BCUT2D eigenvalue weighted by atomic mass is 127. The number of aliphatic imine (C=N–C) groups is 1. The lowest BCUT2D eigenvalue weighted by atomic mass is 10.2.